The molecule has 0 aliphatic heterocycles. The van der Waals surface area contributed by atoms with E-state index >= 15 is 0 Å². The van der Waals surface area contributed by atoms with E-state index < -0.39 is 0 Å². The first kappa shape index (κ1) is 20.8. The monoisotopic (exact) mass is 456 g/mol. The van der Waals surface area contributed by atoms with Gasteiger partial charge in [0.25, 0.3) is 5.91 Å². The van der Waals surface area contributed by atoms with Crippen molar-refractivity contribution in [1.29, 1.82) is 0 Å². The van der Waals surface area contributed by atoms with E-state index in [2.05, 4.69) is 20.5 Å². The summed E-state index contributed by atoms with van der Waals surface area (Å²) in [5.41, 5.74) is 0.218. The lowest BCUT2D eigenvalue weighted by Crippen LogP contribution is -2.77. The van der Waals surface area contributed by atoms with E-state index in [0.717, 1.165) is 25.1 Å². The summed E-state index contributed by atoms with van der Waals surface area (Å²) >= 11 is 5.88. The van der Waals surface area contributed by atoms with Gasteiger partial charge in [-0.25, -0.2) is 9.37 Å². The largest absolute Gasteiger partial charge is 0.486 e. The fourth-order valence-corrected chi connectivity index (χ4v) is 4.71. The lowest BCUT2D eigenvalue weighted by Gasteiger charge is -2.69. The van der Waals surface area contributed by atoms with Crippen LogP contribution in [0, 0.1) is 12.7 Å². The molecule has 32 heavy (non-hydrogen) atoms. The Balaban J connectivity index is 1.09. The molecule has 9 heteroatoms. The van der Waals surface area contributed by atoms with Gasteiger partial charge in [-0.15, -0.1) is 0 Å². The maximum absolute atomic E-state index is 13.6. The minimum Gasteiger partial charge on any atom is -0.486 e. The average Bonchev–Trinajstić information content (AvgIpc) is 3.19. The number of benzene rings is 2. The topological polar surface area (TPSA) is 89.1 Å². The molecule has 6 rings (SSSR count). The lowest BCUT2D eigenvalue weighted by atomic mass is 9.39. The lowest BCUT2D eigenvalue weighted by molar-refractivity contribution is -0.141. The van der Waals surface area contributed by atoms with Gasteiger partial charge in [0.05, 0.1) is 0 Å². The molecule has 0 spiro atoms. The maximum Gasteiger partial charge on any atom is 0.258 e. The molecule has 1 amide bonds. The van der Waals surface area contributed by atoms with E-state index in [9.17, 15) is 9.18 Å². The van der Waals surface area contributed by atoms with Crippen molar-refractivity contribution in [3.8, 4) is 11.5 Å². The Morgan fingerprint density at radius 1 is 1.16 bits per heavy atom. The number of ether oxygens (including phenoxy) is 2. The van der Waals surface area contributed by atoms with Crippen LogP contribution in [0.4, 0.5) is 4.39 Å². The van der Waals surface area contributed by atoms with Crippen LogP contribution in [0.3, 0.4) is 0 Å². The number of nitrogens with one attached hydrogen (secondary N) is 2. The second-order valence-corrected chi connectivity index (χ2v) is 9.12. The summed E-state index contributed by atoms with van der Waals surface area (Å²) < 4.78 is 24.7. The molecule has 0 saturated heterocycles. The molecule has 1 aromatic heterocycles. The van der Waals surface area contributed by atoms with Gasteiger partial charge in [-0.1, -0.05) is 17.7 Å². The van der Waals surface area contributed by atoms with Gasteiger partial charge >= 0.3 is 0 Å². The van der Waals surface area contributed by atoms with Crippen molar-refractivity contribution in [3.05, 3.63) is 70.5 Å². The van der Waals surface area contributed by atoms with Crippen molar-refractivity contribution in [1.82, 2.24) is 20.5 Å². The minimum atomic E-state index is -0.353. The third kappa shape index (κ3) is 3.90. The number of aromatic amines is 1. The Kier molecular flexibility index (Phi) is 5.04. The summed E-state index contributed by atoms with van der Waals surface area (Å²) in [6.45, 7) is 1.81. The van der Waals surface area contributed by atoms with Gasteiger partial charge in [0, 0.05) is 22.0 Å². The number of H-pyrrole nitrogens is 1. The Morgan fingerprint density at radius 2 is 1.88 bits per heavy atom. The van der Waals surface area contributed by atoms with Gasteiger partial charge in [0.15, 0.2) is 18.3 Å². The Hall–Kier alpha value is -3.13. The second-order valence-electron chi connectivity index (χ2n) is 8.69. The highest BCUT2D eigenvalue weighted by Crippen LogP contribution is 2.67. The zero-order valence-corrected chi connectivity index (χ0v) is 18.2. The molecule has 2 aromatic carbocycles. The summed E-state index contributed by atoms with van der Waals surface area (Å²) in [6.07, 6.45) is 2.38. The average molecular weight is 457 g/mol. The number of rotatable bonds is 8. The fourth-order valence-electron chi connectivity index (χ4n) is 4.58. The SMILES string of the molecule is Cc1ccc(OCC(=O)NC23CC(c4n[nH]c(COc5ccc(Cl)cc5)n4)(C2)C3)cc1F. The first-order chi connectivity index (χ1) is 15.3. The summed E-state index contributed by atoms with van der Waals surface area (Å²) in [7, 11) is 0. The molecule has 3 fully saturated rings. The molecule has 2 bridgehead atoms. The molecule has 1 heterocycles. The molecular formula is C23H22ClFN4O3. The van der Waals surface area contributed by atoms with E-state index in [1.165, 1.54) is 6.07 Å². The van der Waals surface area contributed by atoms with Gasteiger partial charge in [-0.3, -0.25) is 9.89 Å². The van der Waals surface area contributed by atoms with Gasteiger partial charge in [-0.05, 0) is 62.1 Å². The fraction of sp³-hybridized carbons (Fsp3) is 0.348. The number of carbonyl (C=O) groups excluding carboxylic acids is 1. The predicted octanol–water partition coefficient (Wildman–Crippen LogP) is 3.85. The van der Waals surface area contributed by atoms with Crippen LogP contribution in [0.15, 0.2) is 42.5 Å². The number of halogens is 2. The van der Waals surface area contributed by atoms with Crippen molar-refractivity contribution in [3.63, 3.8) is 0 Å². The molecule has 166 valence electrons. The van der Waals surface area contributed by atoms with Crippen LogP contribution in [0.25, 0.3) is 0 Å². The van der Waals surface area contributed by atoms with E-state index in [1.54, 1.807) is 43.3 Å². The molecular weight excluding hydrogens is 435 g/mol. The Bertz CT molecular complexity index is 1140. The standard InChI is InChI=1S/C23H22ClFN4O3/c1-14-2-5-17(8-18(14)25)32-10-20(30)27-23-11-22(12-23,13-23)21-26-19(28-29-21)9-31-16-6-3-15(24)4-7-16/h2-8H,9-13H2,1H3,(H,27,30)(H,26,28,29). The molecule has 2 N–H and O–H groups in total. The number of aryl methyl sites for hydroxylation is 1. The van der Waals surface area contributed by atoms with Crippen molar-refractivity contribution in [2.24, 2.45) is 0 Å². The zero-order valence-electron chi connectivity index (χ0n) is 17.5. The van der Waals surface area contributed by atoms with Crippen LogP contribution in [-0.4, -0.2) is 33.2 Å². The third-order valence-corrected chi connectivity index (χ3v) is 6.40. The number of nitrogens with zero attached hydrogens (tertiary/aromatic N) is 2. The molecule has 7 nitrogen and oxygen atoms in total. The molecule has 3 aliphatic rings. The number of hydrogen-bond donors (Lipinski definition) is 2. The van der Waals surface area contributed by atoms with E-state index in [0.29, 0.717) is 27.9 Å². The van der Waals surface area contributed by atoms with Crippen LogP contribution < -0.4 is 14.8 Å². The number of hydrogen-bond acceptors (Lipinski definition) is 5. The summed E-state index contributed by atoms with van der Waals surface area (Å²) in [6, 6.07) is 11.7. The molecule has 3 saturated carbocycles. The van der Waals surface area contributed by atoms with Crippen LogP contribution in [-0.2, 0) is 16.8 Å². The molecule has 0 atom stereocenters. The molecule has 3 aromatic rings. The smallest absolute Gasteiger partial charge is 0.258 e. The summed E-state index contributed by atoms with van der Waals surface area (Å²) in [4.78, 5) is 16.9. The Labute approximate surface area is 189 Å². The minimum absolute atomic E-state index is 0.0940. The third-order valence-electron chi connectivity index (χ3n) is 6.14. The highest BCUT2D eigenvalue weighted by Gasteiger charge is 2.71. The quantitative estimate of drug-likeness (QED) is 0.537. The normalized spacial score (nSPS) is 23.1. The van der Waals surface area contributed by atoms with Gasteiger partial charge < -0.3 is 14.8 Å². The van der Waals surface area contributed by atoms with Crippen molar-refractivity contribution in [2.45, 2.75) is 43.7 Å². The van der Waals surface area contributed by atoms with Gasteiger partial charge in [0.1, 0.15) is 23.9 Å². The maximum atomic E-state index is 13.6. The van der Waals surface area contributed by atoms with Crippen LogP contribution >= 0.6 is 11.6 Å². The van der Waals surface area contributed by atoms with Crippen LogP contribution in [0.5, 0.6) is 11.5 Å². The zero-order chi connectivity index (χ0) is 22.3. The first-order valence-corrected chi connectivity index (χ1v) is 10.7. The molecule has 3 aliphatic carbocycles. The van der Waals surface area contributed by atoms with Gasteiger partial charge in [-0.2, -0.15) is 5.10 Å². The predicted molar refractivity (Wildman–Crippen MR) is 115 cm³/mol. The first-order valence-electron chi connectivity index (χ1n) is 10.3. The highest BCUT2D eigenvalue weighted by atomic mass is 35.5. The van der Waals surface area contributed by atoms with Crippen molar-refractivity contribution >= 4 is 17.5 Å². The van der Waals surface area contributed by atoms with Crippen molar-refractivity contribution < 1.29 is 18.7 Å². The summed E-state index contributed by atoms with van der Waals surface area (Å²) in [5.74, 6) is 1.88. The van der Waals surface area contributed by atoms with E-state index in [1.807, 2.05) is 0 Å². The second kappa shape index (κ2) is 7.78. The van der Waals surface area contributed by atoms with E-state index in [4.69, 9.17) is 21.1 Å². The molecule has 0 radical (unpaired) electrons. The van der Waals surface area contributed by atoms with E-state index in [-0.39, 0.29) is 35.9 Å². The molecule has 0 unspecified atom stereocenters. The van der Waals surface area contributed by atoms with Crippen molar-refractivity contribution in [2.75, 3.05) is 6.61 Å². The summed E-state index contributed by atoms with van der Waals surface area (Å²) in [5, 5.41) is 11.0. The Morgan fingerprint density at radius 3 is 2.59 bits per heavy atom. The number of amides is 1. The number of aromatic nitrogens is 3. The highest BCUT2D eigenvalue weighted by molar-refractivity contribution is 6.30. The number of carbonyl (C=O) groups is 1. The van der Waals surface area contributed by atoms with Crippen LogP contribution in [0.1, 0.15) is 36.5 Å². The van der Waals surface area contributed by atoms with Crippen LogP contribution in [0.2, 0.25) is 5.02 Å². The van der Waals surface area contributed by atoms with Gasteiger partial charge in [0.2, 0.25) is 0 Å².